The Hall–Kier alpha value is -1.02. The molecule has 0 radical (unpaired) electrons. The smallest absolute Gasteiger partial charge is 0.115 e. The first kappa shape index (κ1) is 10.1. The van der Waals surface area contributed by atoms with Gasteiger partial charge in [-0.1, -0.05) is 19.1 Å². The Morgan fingerprint density at radius 2 is 2.15 bits per heavy atom. The predicted octanol–water partition coefficient (Wildman–Crippen LogP) is 1.95. The fraction of sp³-hybridized carbons (Fsp3) is 0.455. The van der Waals surface area contributed by atoms with Gasteiger partial charge in [-0.3, -0.25) is 0 Å². The molecule has 0 aliphatic heterocycles. The monoisotopic (exact) mass is 180 g/mol. The van der Waals surface area contributed by atoms with Crippen LogP contribution in [0.2, 0.25) is 0 Å². The Morgan fingerprint density at radius 1 is 1.38 bits per heavy atom. The van der Waals surface area contributed by atoms with Crippen molar-refractivity contribution in [2.75, 3.05) is 6.61 Å². The van der Waals surface area contributed by atoms with Gasteiger partial charge in [0.2, 0.25) is 0 Å². The zero-order valence-corrected chi connectivity index (χ0v) is 7.90. The van der Waals surface area contributed by atoms with Crippen molar-refractivity contribution in [1.82, 2.24) is 0 Å². The molecule has 2 N–H and O–H groups in total. The SMILES string of the molecule is CC(CO)CCc1cccc(O)c1. The highest BCUT2D eigenvalue weighted by Crippen LogP contribution is 2.14. The summed E-state index contributed by atoms with van der Waals surface area (Å²) < 4.78 is 0. The molecule has 13 heavy (non-hydrogen) atoms. The van der Waals surface area contributed by atoms with Crippen molar-refractivity contribution in [1.29, 1.82) is 0 Å². The van der Waals surface area contributed by atoms with Gasteiger partial charge in [0.1, 0.15) is 5.75 Å². The van der Waals surface area contributed by atoms with Crippen LogP contribution in [0.15, 0.2) is 24.3 Å². The van der Waals surface area contributed by atoms with E-state index in [0.717, 1.165) is 18.4 Å². The highest BCUT2D eigenvalue weighted by Gasteiger charge is 2.00. The van der Waals surface area contributed by atoms with E-state index in [0.29, 0.717) is 11.7 Å². The van der Waals surface area contributed by atoms with Gasteiger partial charge in [0.25, 0.3) is 0 Å². The third-order valence-electron chi connectivity index (χ3n) is 2.15. The number of phenols is 1. The van der Waals surface area contributed by atoms with Crippen LogP contribution in [0.5, 0.6) is 5.75 Å². The molecule has 0 bridgehead atoms. The molecule has 0 amide bonds. The van der Waals surface area contributed by atoms with Gasteiger partial charge < -0.3 is 10.2 Å². The molecule has 0 spiro atoms. The second kappa shape index (κ2) is 4.87. The Labute approximate surface area is 78.8 Å². The maximum atomic E-state index is 9.19. The van der Waals surface area contributed by atoms with Crippen LogP contribution >= 0.6 is 0 Å². The standard InChI is InChI=1S/C11H16O2/c1-9(8-12)5-6-10-3-2-4-11(13)7-10/h2-4,7,9,12-13H,5-6,8H2,1H3. The van der Waals surface area contributed by atoms with Crippen molar-refractivity contribution in [3.05, 3.63) is 29.8 Å². The van der Waals surface area contributed by atoms with Crippen molar-refractivity contribution in [3.63, 3.8) is 0 Å². The number of aryl methyl sites for hydroxylation is 1. The van der Waals surface area contributed by atoms with Gasteiger partial charge in [0.05, 0.1) is 0 Å². The molecule has 1 atom stereocenters. The van der Waals surface area contributed by atoms with E-state index in [-0.39, 0.29) is 6.61 Å². The lowest BCUT2D eigenvalue weighted by molar-refractivity contribution is 0.230. The number of hydrogen-bond acceptors (Lipinski definition) is 2. The zero-order chi connectivity index (χ0) is 9.68. The molecule has 1 rings (SSSR count). The van der Waals surface area contributed by atoms with Gasteiger partial charge in [0.15, 0.2) is 0 Å². The Morgan fingerprint density at radius 3 is 2.77 bits per heavy atom. The van der Waals surface area contributed by atoms with E-state index < -0.39 is 0 Å². The summed E-state index contributed by atoms with van der Waals surface area (Å²) >= 11 is 0. The van der Waals surface area contributed by atoms with Crippen molar-refractivity contribution >= 4 is 0 Å². The van der Waals surface area contributed by atoms with Crippen LogP contribution in [0.25, 0.3) is 0 Å². The molecule has 0 aliphatic carbocycles. The van der Waals surface area contributed by atoms with Crippen LogP contribution in [0.1, 0.15) is 18.9 Å². The van der Waals surface area contributed by atoms with Crippen molar-refractivity contribution in [2.24, 2.45) is 5.92 Å². The van der Waals surface area contributed by atoms with Crippen molar-refractivity contribution < 1.29 is 10.2 Å². The Kier molecular flexibility index (Phi) is 3.77. The molecular formula is C11H16O2. The number of hydrogen-bond donors (Lipinski definition) is 2. The first-order chi connectivity index (χ1) is 6.22. The number of aliphatic hydroxyl groups excluding tert-OH is 1. The minimum absolute atomic E-state index is 0.235. The lowest BCUT2D eigenvalue weighted by Gasteiger charge is -2.07. The normalized spacial score (nSPS) is 12.8. The van der Waals surface area contributed by atoms with Gasteiger partial charge in [-0.05, 0) is 36.5 Å². The molecule has 0 saturated heterocycles. The predicted molar refractivity (Wildman–Crippen MR) is 52.7 cm³/mol. The van der Waals surface area contributed by atoms with Crippen molar-refractivity contribution in [2.45, 2.75) is 19.8 Å². The molecular weight excluding hydrogens is 164 g/mol. The molecule has 0 aromatic heterocycles. The van der Waals surface area contributed by atoms with Crippen LogP contribution < -0.4 is 0 Å². The molecule has 0 fully saturated rings. The second-order valence-electron chi connectivity index (χ2n) is 3.50. The summed E-state index contributed by atoms with van der Waals surface area (Å²) in [5.74, 6) is 0.650. The first-order valence-corrected chi connectivity index (χ1v) is 4.61. The van der Waals surface area contributed by atoms with E-state index >= 15 is 0 Å². The summed E-state index contributed by atoms with van der Waals surface area (Å²) in [6.45, 7) is 2.25. The maximum absolute atomic E-state index is 9.19. The number of aromatic hydroxyl groups is 1. The summed E-state index contributed by atoms with van der Waals surface area (Å²) in [6, 6.07) is 7.27. The second-order valence-corrected chi connectivity index (χ2v) is 3.50. The average molecular weight is 180 g/mol. The molecule has 0 heterocycles. The third-order valence-corrected chi connectivity index (χ3v) is 2.15. The van der Waals surface area contributed by atoms with Gasteiger partial charge in [0, 0.05) is 6.61 Å². The first-order valence-electron chi connectivity index (χ1n) is 4.61. The van der Waals surface area contributed by atoms with E-state index in [1.165, 1.54) is 0 Å². The van der Waals surface area contributed by atoms with Gasteiger partial charge in [-0.2, -0.15) is 0 Å². The highest BCUT2D eigenvalue weighted by molar-refractivity contribution is 5.27. The molecule has 1 aromatic carbocycles. The molecule has 2 nitrogen and oxygen atoms in total. The summed E-state index contributed by atoms with van der Waals surface area (Å²) in [7, 11) is 0. The largest absolute Gasteiger partial charge is 0.508 e. The van der Waals surface area contributed by atoms with Crippen LogP contribution in [-0.2, 0) is 6.42 Å². The lowest BCUT2D eigenvalue weighted by Crippen LogP contribution is -2.01. The fourth-order valence-electron chi connectivity index (χ4n) is 1.22. The van der Waals surface area contributed by atoms with Gasteiger partial charge >= 0.3 is 0 Å². The summed E-state index contributed by atoms with van der Waals surface area (Å²) in [5.41, 5.74) is 1.13. The van der Waals surface area contributed by atoms with E-state index in [1.54, 1.807) is 12.1 Å². The van der Waals surface area contributed by atoms with E-state index in [1.807, 2.05) is 19.1 Å². The summed E-state index contributed by atoms with van der Waals surface area (Å²) in [6.07, 6.45) is 1.87. The van der Waals surface area contributed by atoms with Crippen LogP contribution in [-0.4, -0.2) is 16.8 Å². The highest BCUT2D eigenvalue weighted by atomic mass is 16.3. The number of aliphatic hydroxyl groups is 1. The Bertz CT molecular complexity index is 258. The third kappa shape index (κ3) is 3.47. The number of benzene rings is 1. The molecule has 1 unspecified atom stereocenters. The number of rotatable bonds is 4. The average Bonchev–Trinajstić information content (AvgIpc) is 2.14. The summed E-state index contributed by atoms with van der Waals surface area (Å²) in [4.78, 5) is 0. The lowest BCUT2D eigenvalue weighted by atomic mass is 10.0. The zero-order valence-electron chi connectivity index (χ0n) is 7.90. The van der Waals surface area contributed by atoms with E-state index in [2.05, 4.69) is 0 Å². The van der Waals surface area contributed by atoms with Crippen LogP contribution in [0.4, 0.5) is 0 Å². The van der Waals surface area contributed by atoms with E-state index in [9.17, 15) is 5.11 Å². The molecule has 0 saturated carbocycles. The number of phenolic OH excluding ortho intramolecular Hbond substituents is 1. The molecule has 0 aliphatic rings. The van der Waals surface area contributed by atoms with Gasteiger partial charge in [-0.25, -0.2) is 0 Å². The van der Waals surface area contributed by atoms with Crippen LogP contribution in [0.3, 0.4) is 0 Å². The quantitative estimate of drug-likeness (QED) is 0.743. The maximum Gasteiger partial charge on any atom is 0.115 e. The minimum Gasteiger partial charge on any atom is -0.508 e. The fourth-order valence-corrected chi connectivity index (χ4v) is 1.22. The molecule has 2 heteroatoms. The van der Waals surface area contributed by atoms with Crippen LogP contribution in [0, 0.1) is 5.92 Å². The van der Waals surface area contributed by atoms with Gasteiger partial charge in [-0.15, -0.1) is 0 Å². The van der Waals surface area contributed by atoms with E-state index in [4.69, 9.17) is 5.11 Å². The van der Waals surface area contributed by atoms with Crippen molar-refractivity contribution in [3.8, 4) is 5.75 Å². The minimum atomic E-state index is 0.235. The molecule has 72 valence electrons. The topological polar surface area (TPSA) is 40.5 Å². The Balaban J connectivity index is 2.45. The molecule has 1 aromatic rings. The summed E-state index contributed by atoms with van der Waals surface area (Å²) in [5, 5.41) is 18.0.